The van der Waals surface area contributed by atoms with Crippen LogP contribution in [0.25, 0.3) is 0 Å². The molecule has 2 unspecified atom stereocenters. The fourth-order valence-corrected chi connectivity index (χ4v) is 2.51. The summed E-state index contributed by atoms with van der Waals surface area (Å²) in [5, 5.41) is 0. The monoisotopic (exact) mass is 284 g/mol. The van der Waals surface area contributed by atoms with E-state index < -0.39 is 0 Å². The van der Waals surface area contributed by atoms with Crippen molar-refractivity contribution in [3.8, 4) is 5.75 Å². The molecule has 0 N–H and O–H groups in total. The summed E-state index contributed by atoms with van der Waals surface area (Å²) < 4.78 is 5.53. The number of hydrogen-bond donors (Lipinski definition) is 0. The maximum absolute atomic E-state index is 12.0. The van der Waals surface area contributed by atoms with E-state index in [0.29, 0.717) is 5.75 Å². The molecule has 1 aliphatic carbocycles. The van der Waals surface area contributed by atoms with E-state index in [-0.39, 0.29) is 27.7 Å². The molecule has 2 rings (SSSR count). The minimum absolute atomic E-state index is 0.0405. The van der Waals surface area contributed by atoms with Gasteiger partial charge in [-0.25, -0.2) is 0 Å². The molecule has 0 amide bonds. The van der Waals surface area contributed by atoms with Crippen LogP contribution in [-0.2, 0) is 4.79 Å². The SMILES string of the molecule is CC1(C)C(C=C(Cl)Cl)C1C(=O)Oc1ccccc1. The molecule has 0 aromatic heterocycles. The number of carbonyl (C=O) groups is 1. The maximum Gasteiger partial charge on any atom is 0.315 e. The Hall–Kier alpha value is -0.990. The van der Waals surface area contributed by atoms with Crippen molar-refractivity contribution < 1.29 is 9.53 Å². The second-order valence-corrected chi connectivity index (χ2v) is 6.02. The van der Waals surface area contributed by atoms with Crippen molar-refractivity contribution >= 4 is 29.2 Å². The van der Waals surface area contributed by atoms with Gasteiger partial charge in [-0.05, 0) is 29.5 Å². The number of carbonyl (C=O) groups excluding carboxylic acids is 1. The third kappa shape index (κ3) is 2.70. The van der Waals surface area contributed by atoms with Crippen molar-refractivity contribution in [3.05, 3.63) is 40.9 Å². The van der Waals surface area contributed by atoms with Crippen LogP contribution in [0.3, 0.4) is 0 Å². The molecule has 0 aliphatic heterocycles. The molecule has 96 valence electrons. The first-order chi connectivity index (χ1) is 8.43. The first-order valence-electron chi connectivity index (χ1n) is 5.72. The summed E-state index contributed by atoms with van der Waals surface area (Å²) >= 11 is 11.3. The molecule has 18 heavy (non-hydrogen) atoms. The van der Waals surface area contributed by atoms with Gasteiger partial charge in [-0.2, -0.15) is 0 Å². The van der Waals surface area contributed by atoms with Gasteiger partial charge in [-0.15, -0.1) is 0 Å². The van der Waals surface area contributed by atoms with Crippen molar-refractivity contribution in [2.75, 3.05) is 0 Å². The van der Waals surface area contributed by atoms with Crippen LogP contribution in [0.15, 0.2) is 40.9 Å². The Morgan fingerprint density at radius 2 is 1.89 bits per heavy atom. The third-order valence-electron chi connectivity index (χ3n) is 3.43. The number of hydrogen-bond acceptors (Lipinski definition) is 2. The molecular weight excluding hydrogens is 271 g/mol. The van der Waals surface area contributed by atoms with E-state index in [1.165, 1.54) is 0 Å². The lowest BCUT2D eigenvalue weighted by molar-refractivity contribution is -0.136. The second-order valence-electron chi connectivity index (χ2n) is 5.02. The molecule has 0 heterocycles. The van der Waals surface area contributed by atoms with E-state index in [9.17, 15) is 4.79 Å². The second kappa shape index (κ2) is 4.94. The fourth-order valence-electron chi connectivity index (χ4n) is 2.24. The Balaban J connectivity index is 2.05. The topological polar surface area (TPSA) is 26.3 Å². The van der Waals surface area contributed by atoms with Gasteiger partial charge < -0.3 is 4.74 Å². The van der Waals surface area contributed by atoms with Crippen LogP contribution >= 0.6 is 23.2 Å². The predicted molar refractivity (Wildman–Crippen MR) is 72.6 cm³/mol. The Bertz CT molecular complexity index is 476. The lowest BCUT2D eigenvalue weighted by atomic mass is 10.1. The fraction of sp³-hybridized carbons (Fsp3) is 0.357. The number of allylic oxidation sites excluding steroid dienone is 1. The highest BCUT2D eigenvalue weighted by Gasteiger charge is 2.61. The van der Waals surface area contributed by atoms with Crippen molar-refractivity contribution in [2.24, 2.45) is 17.3 Å². The summed E-state index contributed by atoms with van der Waals surface area (Å²) in [6.45, 7) is 4.00. The Morgan fingerprint density at radius 1 is 1.28 bits per heavy atom. The standard InChI is InChI=1S/C14H14Cl2O2/c1-14(2)10(8-11(15)16)12(14)13(17)18-9-6-4-3-5-7-9/h3-8,10,12H,1-2H3. The zero-order chi connectivity index (χ0) is 13.3. The van der Waals surface area contributed by atoms with Crippen molar-refractivity contribution in [3.63, 3.8) is 0 Å². The van der Waals surface area contributed by atoms with Gasteiger partial charge in [0.05, 0.1) is 5.92 Å². The van der Waals surface area contributed by atoms with Crippen LogP contribution in [0.1, 0.15) is 13.8 Å². The first-order valence-corrected chi connectivity index (χ1v) is 6.48. The van der Waals surface area contributed by atoms with Crippen molar-refractivity contribution in [1.82, 2.24) is 0 Å². The van der Waals surface area contributed by atoms with Crippen LogP contribution in [-0.4, -0.2) is 5.97 Å². The van der Waals surface area contributed by atoms with Crippen molar-refractivity contribution in [1.29, 1.82) is 0 Å². The summed E-state index contributed by atoms with van der Waals surface area (Å²) in [5.41, 5.74) is -0.152. The molecule has 0 radical (unpaired) electrons. The average Bonchev–Trinajstić information content (AvgIpc) is 2.80. The van der Waals surface area contributed by atoms with Gasteiger partial charge in [0.2, 0.25) is 0 Å². The van der Waals surface area contributed by atoms with Gasteiger partial charge in [0.15, 0.2) is 0 Å². The minimum Gasteiger partial charge on any atom is -0.426 e. The van der Waals surface area contributed by atoms with E-state index in [1.54, 1.807) is 18.2 Å². The van der Waals surface area contributed by atoms with Gasteiger partial charge >= 0.3 is 5.97 Å². The molecule has 1 aromatic carbocycles. The third-order valence-corrected chi connectivity index (χ3v) is 3.68. The molecule has 1 fully saturated rings. The molecule has 1 aliphatic rings. The van der Waals surface area contributed by atoms with Crippen LogP contribution in [0.4, 0.5) is 0 Å². The number of para-hydroxylation sites is 1. The normalized spacial score (nSPS) is 24.2. The smallest absolute Gasteiger partial charge is 0.315 e. The highest BCUT2D eigenvalue weighted by Crippen LogP contribution is 2.60. The van der Waals surface area contributed by atoms with E-state index in [2.05, 4.69) is 0 Å². The summed E-state index contributed by atoms with van der Waals surface area (Å²) in [5.74, 6) is 0.177. The molecule has 2 nitrogen and oxygen atoms in total. The molecule has 1 saturated carbocycles. The summed E-state index contributed by atoms with van der Waals surface area (Å²) in [6.07, 6.45) is 1.71. The van der Waals surface area contributed by atoms with Gasteiger partial charge in [-0.1, -0.05) is 55.2 Å². The molecule has 4 heteroatoms. The first kappa shape index (κ1) is 13.4. The molecule has 0 saturated heterocycles. The number of ether oxygens (including phenoxy) is 1. The highest BCUT2D eigenvalue weighted by molar-refractivity contribution is 6.55. The molecule has 1 aromatic rings. The molecule has 2 atom stereocenters. The summed E-state index contributed by atoms with van der Waals surface area (Å²) in [6, 6.07) is 9.04. The van der Waals surface area contributed by atoms with Crippen LogP contribution in [0, 0.1) is 17.3 Å². The maximum atomic E-state index is 12.0. The van der Waals surface area contributed by atoms with E-state index in [4.69, 9.17) is 27.9 Å². The van der Waals surface area contributed by atoms with Crippen LogP contribution in [0.5, 0.6) is 5.75 Å². The quantitative estimate of drug-likeness (QED) is 0.615. The number of halogens is 2. The number of rotatable bonds is 3. The molecular formula is C14H14Cl2O2. The average molecular weight is 285 g/mol. The summed E-state index contributed by atoms with van der Waals surface area (Å²) in [4.78, 5) is 12.0. The van der Waals surface area contributed by atoms with E-state index >= 15 is 0 Å². The zero-order valence-electron chi connectivity index (χ0n) is 10.2. The molecule has 0 bridgehead atoms. The van der Waals surface area contributed by atoms with Crippen molar-refractivity contribution in [2.45, 2.75) is 13.8 Å². The summed E-state index contributed by atoms with van der Waals surface area (Å²) in [7, 11) is 0. The molecule has 0 spiro atoms. The highest BCUT2D eigenvalue weighted by atomic mass is 35.5. The largest absolute Gasteiger partial charge is 0.426 e. The zero-order valence-corrected chi connectivity index (χ0v) is 11.7. The van der Waals surface area contributed by atoms with Gasteiger partial charge in [-0.3, -0.25) is 4.79 Å². The van der Waals surface area contributed by atoms with Gasteiger partial charge in [0.25, 0.3) is 0 Å². The lowest BCUT2D eigenvalue weighted by Gasteiger charge is -2.04. The Kier molecular flexibility index (Phi) is 3.69. The number of esters is 1. The van der Waals surface area contributed by atoms with E-state index in [0.717, 1.165) is 0 Å². The lowest BCUT2D eigenvalue weighted by Crippen LogP contribution is -2.13. The van der Waals surface area contributed by atoms with Crippen LogP contribution < -0.4 is 4.74 Å². The number of benzene rings is 1. The predicted octanol–water partition coefficient (Wildman–Crippen LogP) is 4.18. The Morgan fingerprint density at radius 3 is 2.44 bits per heavy atom. The van der Waals surface area contributed by atoms with Gasteiger partial charge in [0, 0.05) is 0 Å². The van der Waals surface area contributed by atoms with E-state index in [1.807, 2.05) is 32.0 Å². The van der Waals surface area contributed by atoms with Crippen LogP contribution in [0.2, 0.25) is 0 Å². The minimum atomic E-state index is -0.234. The Labute approximate surface area is 117 Å². The van der Waals surface area contributed by atoms with Gasteiger partial charge in [0.1, 0.15) is 10.2 Å².